The van der Waals surface area contributed by atoms with Crippen LogP contribution in [0, 0.1) is 25.2 Å². The lowest BCUT2D eigenvalue weighted by Crippen LogP contribution is -1.99. The second-order valence-electron chi connectivity index (χ2n) is 3.30. The summed E-state index contributed by atoms with van der Waals surface area (Å²) in [7, 11) is 0. The zero-order valence-corrected chi connectivity index (χ0v) is 10.6. The molecule has 0 bridgehead atoms. The second kappa shape index (κ2) is 4.60. The van der Waals surface area contributed by atoms with Crippen LogP contribution in [0.1, 0.15) is 22.0 Å². The van der Waals surface area contributed by atoms with Gasteiger partial charge in [-0.2, -0.15) is 9.64 Å². The van der Waals surface area contributed by atoms with Gasteiger partial charge >= 0.3 is 0 Å². The Hall–Kier alpha value is -1.45. The number of aryl methyl sites for hydroxylation is 2. The van der Waals surface area contributed by atoms with Crippen molar-refractivity contribution in [3.8, 4) is 6.07 Å². The minimum Gasteiger partial charge on any atom is -0.369 e. The SMILES string of the molecule is Cc1nc(CNc2snc(C)c2C#N)cs1. The average molecular weight is 250 g/mol. The maximum Gasteiger partial charge on any atom is 0.128 e. The first-order valence-electron chi connectivity index (χ1n) is 4.72. The van der Waals surface area contributed by atoms with E-state index in [9.17, 15) is 0 Å². The number of thiazole rings is 1. The summed E-state index contributed by atoms with van der Waals surface area (Å²) in [6.45, 7) is 4.46. The van der Waals surface area contributed by atoms with Crippen LogP contribution in [0.25, 0.3) is 0 Å². The van der Waals surface area contributed by atoms with E-state index in [-0.39, 0.29) is 0 Å². The van der Waals surface area contributed by atoms with E-state index in [1.54, 1.807) is 11.3 Å². The minimum atomic E-state index is 0.636. The van der Waals surface area contributed by atoms with Crippen molar-refractivity contribution < 1.29 is 0 Å². The van der Waals surface area contributed by atoms with Crippen LogP contribution in [0.2, 0.25) is 0 Å². The van der Waals surface area contributed by atoms with E-state index < -0.39 is 0 Å². The third-order valence-electron chi connectivity index (χ3n) is 2.07. The van der Waals surface area contributed by atoms with Gasteiger partial charge in [0.05, 0.1) is 22.9 Å². The van der Waals surface area contributed by atoms with Crippen molar-refractivity contribution >= 4 is 27.9 Å². The number of hydrogen-bond acceptors (Lipinski definition) is 6. The zero-order valence-electron chi connectivity index (χ0n) is 8.94. The third-order valence-corrected chi connectivity index (χ3v) is 3.79. The molecule has 0 spiro atoms. The molecular formula is C10H10N4S2. The lowest BCUT2D eigenvalue weighted by atomic mass is 10.3. The monoisotopic (exact) mass is 250 g/mol. The molecule has 82 valence electrons. The first-order chi connectivity index (χ1) is 7.70. The van der Waals surface area contributed by atoms with Crippen LogP contribution in [-0.2, 0) is 6.54 Å². The van der Waals surface area contributed by atoms with E-state index in [0.717, 1.165) is 21.4 Å². The molecule has 0 aliphatic carbocycles. The minimum absolute atomic E-state index is 0.636. The highest BCUT2D eigenvalue weighted by atomic mass is 32.1. The highest BCUT2D eigenvalue weighted by Gasteiger charge is 2.09. The number of nitrogens with one attached hydrogen (secondary N) is 1. The van der Waals surface area contributed by atoms with Crippen molar-refractivity contribution in [2.24, 2.45) is 0 Å². The van der Waals surface area contributed by atoms with Crippen LogP contribution >= 0.6 is 22.9 Å². The lowest BCUT2D eigenvalue weighted by Gasteiger charge is -2.00. The fraction of sp³-hybridized carbons (Fsp3) is 0.300. The summed E-state index contributed by atoms with van der Waals surface area (Å²) in [4.78, 5) is 4.35. The fourth-order valence-corrected chi connectivity index (χ4v) is 2.64. The molecule has 0 aromatic carbocycles. The standard InChI is InChI=1S/C10H10N4S2/c1-6-9(3-11)10(16-14-6)12-4-8-5-15-7(2)13-8/h5,12H,4H2,1-2H3. The Labute approximate surface area is 102 Å². The van der Waals surface area contributed by atoms with Gasteiger partial charge in [-0.15, -0.1) is 11.3 Å². The maximum absolute atomic E-state index is 8.95. The van der Waals surface area contributed by atoms with E-state index in [2.05, 4.69) is 20.7 Å². The Morgan fingerprint density at radius 1 is 1.50 bits per heavy atom. The number of hydrogen-bond donors (Lipinski definition) is 1. The third kappa shape index (κ3) is 2.21. The predicted molar refractivity (Wildman–Crippen MR) is 65.7 cm³/mol. The quantitative estimate of drug-likeness (QED) is 0.909. The molecule has 0 atom stereocenters. The highest BCUT2D eigenvalue weighted by molar-refractivity contribution is 7.10. The van der Waals surface area contributed by atoms with Crippen molar-refractivity contribution in [2.45, 2.75) is 20.4 Å². The zero-order chi connectivity index (χ0) is 11.5. The van der Waals surface area contributed by atoms with Gasteiger partial charge in [-0.25, -0.2) is 4.98 Å². The summed E-state index contributed by atoms with van der Waals surface area (Å²) in [6, 6.07) is 2.15. The smallest absolute Gasteiger partial charge is 0.128 e. The Balaban J connectivity index is 2.08. The largest absolute Gasteiger partial charge is 0.369 e. The molecule has 0 aliphatic rings. The Kier molecular flexibility index (Phi) is 3.17. The molecule has 4 nitrogen and oxygen atoms in total. The second-order valence-corrected chi connectivity index (χ2v) is 5.13. The number of nitrogens with zero attached hydrogens (tertiary/aromatic N) is 3. The first kappa shape index (κ1) is 11.0. The van der Waals surface area contributed by atoms with Gasteiger partial charge in [-0.3, -0.25) is 0 Å². The Morgan fingerprint density at radius 3 is 2.94 bits per heavy atom. The number of nitriles is 1. The van der Waals surface area contributed by atoms with Crippen LogP contribution in [0.4, 0.5) is 5.00 Å². The molecule has 0 saturated heterocycles. The molecule has 6 heteroatoms. The molecule has 0 radical (unpaired) electrons. The van der Waals surface area contributed by atoms with Gasteiger partial charge in [0.25, 0.3) is 0 Å². The number of rotatable bonds is 3. The van der Waals surface area contributed by atoms with Crippen molar-refractivity contribution in [3.63, 3.8) is 0 Å². The van der Waals surface area contributed by atoms with Crippen molar-refractivity contribution in [1.29, 1.82) is 5.26 Å². The average Bonchev–Trinajstić information content (AvgIpc) is 2.82. The highest BCUT2D eigenvalue weighted by Crippen LogP contribution is 2.24. The molecule has 2 aromatic heterocycles. The van der Waals surface area contributed by atoms with Gasteiger partial charge in [-0.05, 0) is 25.4 Å². The molecule has 2 rings (SSSR count). The van der Waals surface area contributed by atoms with Crippen molar-refractivity contribution in [1.82, 2.24) is 9.36 Å². The summed E-state index contributed by atoms with van der Waals surface area (Å²) in [5, 5.41) is 16.0. The normalized spacial score (nSPS) is 10.1. The van der Waals surface area contributed by atoms with E-state index in [1.165, 1.54) is 11.5 Å². The predicted octanol–water partition coefficient (Wildman–Crippen LogP) is 2.70. The van der Waals surface area contributed by atoms with Crippen LogP contribution in [-0.4, -0.2) is 9.36 Å². The van der Waals surface area contributed by atoms with Crippen molar-refractivity contribution in [2.75, 3.05) is 5.32 Å². The lowest BCUT2D eigenvalue weighted by molar-refractivity contribution is 1.06. The molecule has 0 saturated carbocycles. The molecule has 0 aliphatic heterocycles. The summed E-state index contributed by atoms with van der Waals surface area (Å²) in [5.74, 6) is 0. The fourth-order valence-electron chi connectivity index (χ4n) is 1.28. The molecule has 0 amide bonds. The summed E-state index contributed by atoms with van der Waals surface area (Å²) >= 11 is 2.95. The Bertz CT molecular complexity index is 535. The number of anilines is 1. The number of aromatic nitrogens is 2. The molecule has 2 heterocycles. The van der Waals surface area contributed by atoms with Crippen LogP contribution in [0.5, 0.6) is 0 Å². The topological polar surface area (TPSA) is 61.6 Å². The van der Waals surface area contributed by atoms with Gasteiger partial charge in [0.15, 0.2) is 0 Å². The van der Waals surface area contributed by atoms with Gasteiger partial charge in [0.1, 0.15) is 16.6 Å². The molecule has 1 N–H and O–H groups in total. The van der Waals surface area contributed by atoms with Gasteiger partial charge in [0.2, 0.25) is 0 Å². The first-order valence-corrected chi connectivity index (χ1v) is 6.37. The summed E-state index contributed by atoms with van der Waals surface area (Å²) in [5.41, 5.74) is 2.42. The van der Waals surface area contributed by atoms with E-state index >= 15 is 0 Å². The molecule has 0 unspecified atom stereocenters. The summed E-state index contributed by atoms with van der Waals surface area (Å²) < 4.78 is 4.14. The van der Waals surface area contributed by atoms with E-state index in [1.807, 2.05) is 19.2 Å². The van der Waals surface area contributed by atoms with E-state index in [0.29, 0.717) is 12.1 Å². The molecular weight excluding hydrogens is 240 g/mol. The molecule has 16 heavy (non-hydrogen) atoms. The van der Waals surface area contributed by atoms with Gasteiger partial charge in [0, 0.05) is 5.38 Å². The van der Waals surface area contributed by atoms with Gasteiger partial charge < -0.3 is 5.32 Å². The van der Waals surface area contributed by atoms with Crippen molar-refractivity contribution in [3.05, 3.63) is 27.3 Å². The molecule has 2 aromatic rings. The van der Waals surface area contributed by atoms with Gasteiger partial charge in [-0.1, -0.05) is 0 Å². The van der Waals surface area contributed by atoms with Crippen LogP contribution < -0.4 is 5.32 Å². The van der Waals surface area contributed by atoms with E-state index in [4.69, 9.17) is 5.26 Å². The maximum atomic E-state index is 8.95. The van der Waals surface area contributed by atoms with Crippen LogP contribution in [0.3, 0.4) is 0 Å². The Morgan fingerprint density at radius 2 is 2.31 bits per heavy atom. The van der Waals surface area contributed by atoms with Crippen LogP contribution in [0.15, 0.2) is 5.38 Å². The summed E-state index contributed by atoms with van der Waals surface area (Å²) in [6.07, 6.45) is 0. The molecule has 0 fully saturated rings.